The standard InChI is InChI=1S/C16H20ClNO3/c1-4-14(16(3,20)9-19)12-7-15(17)18-8-13(12)10(2)21-11-5-6-11/h4,7-8,11,19-20H,2,5-6,9H2,1,3H3/b14-4+. The average Bonchev–Trinajstić information content (AvgIpc) is 3.23. The van der Waals surface area contributed by atoms with Crippen molar-refractivity contribution in [3.05, 3.63) is 41.2 Å². The lowest BCUT2D eigenvalue weighted by Gasteiger charge is -2.26. The summed E-state index contributed by atoms with van der Waals surface area (Å²) >= 11 is 5.98. The Labute approximate surface area is 129 Å². The van der Waals surface area contributed by atoms with E-state index in [0.717, 1.165) is 12.8 Å². The summed E-state index contributed by atoms with van der Waals surface area (Å²) in [7, 11) is 0. The van der Waals surface area contributed by atoms with Crippen molar-refractivity contribution in [2.24, 2.45) is 0 Å². The van der Waals surface area contributed by atoms with E-state index in [1.54, 1.807) is 32.2 Å². The molecule has 1 aromatic rings. The van der Waals surface area contributed by atoms with Crippen molar-refractivity contribution in [3.63, 3.8) is 0 Å². The number of ether oxygens (including phenoxy) is 1. The predicted octanol–water partition coefficient (Wildman–Crippen LogP) is 3.03. The number of aromatic nitrogens is 1. The summed E-state index contributed by atoms with van der Waals surface area (Å²) in [6.07, 6.45) is 5.60. The maximum atomic E-state index is 10.4. The lowest BCUT2D eigenvalue weighted by Crippen LogP contribution is -2.31. The van der Waals surface area contributed by atoms with Crippen LogP contribution in [0.5, 0.6) is 0 Å². The largest absolute Gasteiger partial charge is 0.490 e. The van der Waals surface area contributed by atoms with Crippen LogP contribution < -0.4 is 0 Å². The Bertz CT molecular complexity index is 577. The second-order valence-corrected chi connectivity index (χ2v) is 5.81. The van der Waals surface area contributed by atoms with E-state index in [1.807, 2.05) is 0 Å². The second kappa shape index (κ2) is 6.18. The first kappa shape index (κ1) is 16.0. The molecule has 1 aliphatic carbocycles. The van der Waals surface area contributed by atoms with Gasteiger partial charge in [0, 0.05) is 11.8 Å². The summed E-state index contributed by atoms with van der Waals surface area (Å²) in [5.41, 5.74) is 0.522. The summed E-state index contributed by atoms with van der Waals surface area (Å²) in [4.78, 5) is 4.07. The second-order valence-electron chi connectivity index (χ2n) is 5.43. The van der Waals surface area contributed by atoms with E-state index in [-0.39, 0.29) is 6.10 Å². The Morgan fingerprint density at radius 3 is 2.76 bits per heavy atom. The lowest BCUT2D eigenvalue weighted by molar-refractivity contribution is 0.0521. The van der Waals surface area contributed by atoms with Gasteiger partial charge in [0.1, 0.15) is 16.5 Å². The number of nitrogens with zero attached hydrogens (tertiary/aromatic N) is 1. The third-order valence-electron chi connectivity index (χ3n) is 3.47. The minimum absolute atomic E-state index is 0.216. The van der Waals surface area contributed by atoms with Crippen molar-refractivity contribution < 1.29 is 14.9 Å². The highest BCUT2D eigenvalue weighted by Gasteiger charge is 2.30. The van der Waals surface area contributed by atoms with Crippen LogP contribution in [0.1, 0.15) is 37.8 Å². The summed E-state index contributed by atoms with van der Waals surface area (Å²) < 4.78 is 5.72. The van der Waals surface area contributed by atoms with E-state index < -0.39 is 12.2 Å². The fraction of sp³-hybridized carbons (Fsp3) is 0.438. The molecule has 114 valence electrons. The molecule has 0 amide bonds. The van der Waals surface area contributed by atoms with Crippen LogP contribution in [0, 0.1) is 0 Å². The number of hydrogen-bond donors (Lipinski definition) is 2. The van der Waals surface area contributed by atoms with Gasteiger partial charge in [-0.05, 0) is 43.9 Å². The van der Waals surface area contributed by atoms with Gasteiger partial charge in [0.2, 0.25) is 0 Å². The molecule has 1 saturated carbocycles. The Kier molecular flexibility index (Phi) is 4.71. The number of halogens is 1. The van der Waals surface area contributed by atoms with Crippen LogP contribution in [0.15, 0.2) is 24.9 Å². The third kappa shape index (κ3) is 3.64. The molecule has 0 aliphatic heterocycles. The molecule has 0 bridgehead atoms. The van der Waals surface area contributed by atoms with Crippen molar-refractivity contribution in [1.29, 1.82) is 0 Å². The molecule has 1 aliphatic rings. The van der Waals surface area contributed by atoms with E-state index in [9.17, 15) is 10.2 Å². The molecule has 0 aromatic carbocycles. The predicted molar refractivity (Wildman–Crippen MR) is 83.7 cm³/mol. The highest BCUT2D eigenvalue weighted by Crippen LogP contribution is 2.36. The van der Waals surface area contributed by atoms with Crippen LogP contribution in [-0.4, -0.2) is 33.5 Å². The summed E-state index contributed by atoms with van der Waals surface area (Å²) in [5, 5.41) is 20.1. The topological polar surface area (TPSA) is 62.6 Å². The van der Waals surface area contributed by atoms with Crippen LogP contribution in [0.4, 0.5) is 0 Å². The first-order valence-electron chi connectivity index (χ1n) is 6.91. The van der Waals surface area contributed by atoms with E-state index in [0.29, 0.717) is 27.6 Å². The maximum absolute atomic E-state index is 10.4. The van der Waals surface area contributed by atoms with Crippen LogP contribution in [-0.2, 0) is 4.74 Å². The summed E-state index contributed by atoms with van der Waals surface area (Å²) in [5.74, 6) is 0.504. The molecule has 0 radical (unpaired) electrons. The van der Waals surface area contributed by atoms with Crippen LogP contribution in [0.25, 0.3) is 11.3 Å². The maximum Gasteiger partial charge on any atom is 0.129 e. The van der Waals surface area contributed by atoms with Crippen LogP contribution in [0.2, 0.25) is 5.15 Å². The lowest BCUT2D eigenvalue weighted by atomic mass is 9.88. The van der Waals surface area contributed by atoms with Crippen molar-refractivity contribution >= 4 is 22.9 Å². The molecule has 0 saturated heterocycles. The first-order chi connectivity index (χ1) is 9.89. The summed E-state index contributed by atoms with van der Waals surface area (Å²) in [6.45, 7) is 6.88. The van der Waals surface area contributed by atoms with Crippen molar-refractivity contribution in [2.45, 2.75) is 38.4 Å². The molecule has 0 spiro atoms. The molecule has 1 fully saturated rings. The average molecular weight is 310 g/mol. The molecule has 5 heteroatoms. The van der Waals surface area contributed by atoms with Crippen molar-refractivity contribution in [1.82, 2.24) is 4.98 Å². The molecule has 2 N–H and O–H groups in total. The fourth-order valence-corrected chi connectivity index (χ4v) is 2.33. The molecular formula is C16H20ClNO3. The monoisotopic (exact) mass is 309 g/mol. The molecule has 1 unspecified atom stereocenters. The Balaban J connectivity index is 2.45. The van der Waals surface area contributed by atoms with Gasteiger partial charge in [-0.2, -0.15) is 0 Å². The number of aliphatic hydroxyl groups is 2. The van der Waals surface area contributed by atoms with Crippen molar-refractivity contribution in [2.75, 3.05) is 6.61 Å². The first-order valence-corrected chi connectivity index (χ1v) is 7.28. The number of rotatable bonds is 6. The zero-order valence-corrected chi connectivity index (χ0v) is 13.0. The van der Waals surface area contributed by atoms with E-state index in [1.165, 1.54) is 0 Å². The SMILES string of the molecule is C=C(OC1CC1)c1cnc(Cl)cc1/C(=C\C)C(C)(O)CO. The van der Waals surface area contributed by atoms with E-state index in [2.05, 4.69) is 11.6 Å². The van der Waals surface area contributed by atoms with E-state index in [4.69, 9.17) is 16.3 Å². The van der Waals surface area contributed by atoms with Gasteiger partial charge >= 0.3 is 0 Å². The number of aliphatic hydroxyl groups excluding tert-OH is 1. The summed E-state index contributed by atoms with van der Waals surface area (Å²) in [6, 6.07) is 1.65. The molecule has 1 aromatic heterocycles. The fourth-order valence-electron chi connectivity index (χ4n) is 2.17. The van der Waals surface area contributed by atoms with Crippen LogP contribution >= 0.6 is 11.6 Å². The van der Waals surface area contributed by atoms with Gasteiger partial charge in [0.05, 0.1) is 12.7 Å². The Morgan fingerprint density at radius 1 is 1.57 bits per heavy atom. The van der Waals surface area contributed by atoms with Crippen LogP contribution in [0.3, 0.4) is 0 Å². The minimum Gasteiger partial charge on any atom is -0.490 e. The van der Waals surface area contributed by atoms with Gasteiger partial charge in [0.15, 0.2) is 0 Å². The third-order valence-corrected chi connectivity index (χ3v) is 3.68. The van der Waals surface area contributed by atoms with Gasteiger partial charge in [-0.15, -0.1) is 0 Å². The van der Waals surface area contributed by atoms with E-state index >= 15 is 0 Å². The molecule has 1 atom stereocenters. The van der Waals surface area contributed by atoms with Gasteiger partial charge in [-0.25, -0.2) is 4.98 Å². The highest BCUT2D eigenvalue weighted by molar-refractivity contribution is 6.29. The minimum atomic E-state index is -1.38. The number of pyridine rings is 1. The normalized spacial score (nSPS) is 18.2. The molecule has 21 heavy (non-hydrogen) atoms. The van der Waals surface area contributed by atoms with Gasteiger partial charge in [0.25, 0.3) is 0 Å². The quantitative estimate of drug-likeness (QED) is 0.626. The van der Waals surface area contributed by atoms with Gasteiger partial charge < -0.3 is 14.9 Å². The molecular weight excluding hydrogens is 290 g/mol. The van der Waals surface area contributed by atoms with Gasteiger partial charge in [-0.3, -0.25) is 0 Å². The highest BCUT2D eigenvalue weighted by atomic mass is 35.5. The van der Waals surface area contributed by atoms with Gasteiger partial charge in [-0.1, -0.05) is 24.3 Å². The molecule has 2 rings (SSSR count). The Hall–Kier alpha value is -1.36. The molecule has 4 nitrogen and oxygen atoms in total. The zero-order chi connectivity index (χ0) is 15.6. The smallest absolute Gasteiger partial charge is 0.129 e. The number of allylic oxidation sites excluding steroid dienone is 1. The van der Waals surface area contributed by atoms with Crippen molar-refractivity contribution in [3.8, 4) is 0 Å². The Morgan fingerprint density at radius 2 is 2.24 bits per heavy atom. The number of hydrogen-bond acceptors (Lipinski definition) is 4. The zero-order valence-electron chi connectivity index (χ0n) is 12.3. The molecule has 1 heterocycles.